The van der Waals surface area contributed by atoms with Crippen molar-refractivity contribution in [3.05, 3.63) is 34.1 Å². The molecule has 0 unspecified atom stereocenters. The normalized spacial score (nSPS) is 10.9. The zero-order valence-electron chi connectivity index (χ0n) is 8.76. The molecule has 2 nitrogen and oxygen atoms in total. The Morgan fingerprint density at radius 2 is 2.12 bits per heavy atom. The number of ether oxygens (including phenoxy) is 1. The highest BCUT2D eigenvalue weighted by Gasteiger charge is 2.13. The third kappa shape index (κ3) is 4.47. The molecule has 1 aromatic carbocycles. The summed E-state index contributed by atoms with van der Waals surface area (Å²) in [7, 11) is 0. The van der Waals surface area contributed by atoms with Gasteiger partial charge in [0.25, 0.3) is 6.43 Å². The first kappa shape index (κ1) is 14.2. The van der Waals surface area contributed by atoms with Crippen LogP contribution in [0.2, 0.25) is 0 Å². The maximum atomic E-state index is 13.5. The van der Waals surface area contributed by atoms with Crippen molar-refractivity contribution < 1.29 is 22.7 Å². The molecule has 17 heavy (non-hydrogen) atoms. The lowest BCUT2D eigenvalue weighted by atomic mass is 10.1. The van der Waals surface area contributed by atoms with Gasteiger partial charge in [-0.05, 0) is 28.1 Å². The quantitative estimate of drug-likeness (QED) is 0.594. The van der Waals surface area contributed by atoms with Gasteiger partial charge in [0.1, 0.15) is 12.4 Å². The highest BCUT2D eigenvalue weighted by Crippen LogP contribution is 2.19. The van der Waals surface area contributed by atoms with Crippen LogP contribution in [0.25, 0.3) is 0 Å². The van der Waals surface area contributed by atoms with E-state index >= 15 is 0 Å². The summed E-state index contributed by atoms with van der Waals surface area (Å²) in [5, 5.41) is 0. The predicted molar refractivity (Wildman–Crippen MR) is 59.9 cm³/mol. The molecule has 6 heteroatoms. The topological polar surface area (TPSA) is 26.3 Å². The number of carbonyl (C=O) groups excluding carboxylic acids is 1. The van der Waals surface area contributed by atoms with Crippen molar-refractivity contribution in [3.8, 4) is 0 Å². The van der Waals surface area contributed by atoms with Crippen molar-refractivity contribution in [1.29, 1.82) is 0 Å². The fourth-order valence-electron chi connectivity index (χ4n) is 1.19. The van der Waals surface area contributed by atoms with Gasteiger partial charge >= 0.3 is 0 Å². The van der Waals surface area contributed by atoms with E-state index < -0.39 is 24.6 Å². The first-order chi connectivity index (χ1) is 8.02. The number of rotatable bonds is 6. The Balaban J connectivity index is 2.50. The SMILES string of the molecule is O=C(CCOCC(F)F)c1cccc(Br)c1F. The standard InChI is InChI=1S/C11H10BrF3O2/c12-8-3-1-2-7(11(8)15)9(16)4-5-17-6-10(13)14/h1-3,10H,4-6H2. The molecule has 1 aromatic rings. The first-order valence-corrected chi connectivity index (χ1v) is 5.64. The van der Waals surface area contributed by atoms with Gasteiger partial charge in [-0.1, -0.05) is 6.07 Å². The number of hydrogen-bond acceptors (Lipinski definition) is 2. The Morgan fingerprint density at radius 1 is 1.41 bits per heavy atom. The van der Waals surface area contributed by atoms with E-state index in [0.717, 1.165) is 0 Å². The van der Waals surface area contributed by atoms with E-state index in [2.05, 4.69) is 20.7 Å². The lowest BCUT2D eigenvalue weighted by molar-refractivity contribution is 0.0169. The van der Waals surface area contributed by atoms with Crippen LogP contribution in [0.15, 0.2) is 22.7 Å². The van der Waals surface area contributed by atoms with E-state index in [1.54, 1.807) is 0 Å². The molecule has 0 radical (unpaired) electrons. The van der Waals surface area contributed by atoms with E-state index in [0.29, 0.717) is 0 Å². The zero-order chi connectivity index (χ0) is 12.8. The molecule has 0 N–H and O–H groups in total. The molecule has 0 amide bonds. The minimum absolute atomic E-state index is 0.0694. The molecule has 1 rings (SSSR count). The first-order valence-electron chi connectivity index (χ1n) is 4.85. The van der Waals surface area contributed by atoms with Crippen molar-refractivity contribution >= 4 is 21.7 Å². The average Bonchev–Trinajstić information content (AvgIpc) is 2.27. The largest absolute Gasteiger partial charge is 0.375 e. The summed E-state index contributed by atoms with van der Waals surface area (Å²) in [5.41, 5.74) is -0.0694. The van der Waals surface area contributed by atoms with Gasteiger partial charge in [-0.15, -0.1) is 0 Å². The van der Waals surface area contributed by atoms with E-state index in [1.165, 1.54) is 18.2 Å². The molecule has 0 saturated carbocycles. The summed E-state index contributed by atoms with van der Waals surface area (Å²) in [5.74, 6) is -1.12. The fraction of sp³-hybridized carbons (Fsp3) is 0.364. The molecule has 0 fully saturated rings. The molecule has 0 heterocycles. The zero-order valence-corrected chi connectivity index (χ0v) is 10.3. The Kier molecular flexibility index (Phi) is 5.64. The second kappa shape index (κ2) is 6.76. The molecular weight excluding hydrogens is 301 g/mol. The van der Waals surface area contributed by atoms with E-state index in [-0.39, 0.29) is 23.1 Å². The molecule has 0 aliphatic carbocycles. The lowest BCUT2D eigenvalue weighted by Crippen LogP contribution is -2.10. The van der Waals surface area contributed by atoms with Crippen molar-refractivity contribution in [2.24, 2.45) is 0 Å². The maximum Gasteiger partial charge on any atom is 0.261 e. The number of Topliss-reactive ketones (excluding diaryl/α,β-unsaturated/α-hetero) is 1. The van der Waals surface area contributed by atoms with Gasteiger partial charge in [0.05, 0.1) is 16.6 Å². The molecule has 0 saturated heterocycles. The average molecular weight is 311 g/mol. The molecule has 0 bridgehead atoms. The summed E-state index contributed by atoms with van der Waals surface area (Å²) >= 11 is 2.96. The van der Waals surface area contributed by atoms with Gasteiger partial charge in [0.2, 0.25) is 0 Å². The van der Waals surface area contributed by atoms with Gasteiger partial charge in [-0.25, -0.2) is 13.2 Å². The molecule has 94 valence electrons. The summed E-state index contributed by atoms with van der Waals surface area (Å²) in [6.07, 6.45) is -2.69. The van der Waals surface area contributed by atoms with Crippen LogP contribution in [0.5, 0.6) is 0 Å². The Bertz CT molecular complexity index is 396. The molecule has 0 atom stereocenters. The lowest BCUT2D eigenvalue weighted by Gasteiger charge is -2.05. The number of halogens is 4. The Hall–Kier alpha value is -0.880. The van der Waals surface area contributed by atoms with E-state index in [4.69, 9.17) is 0 Å². The van der Waals surface area contributed by atoms with Gasteiger partial charge in [-0.2, -0.15) is 0 Å². The number of hydrogen-bond donors (Lipinski definition) is 0. The van der Waals surface area contributed by atoms with Crippen molar-refractivity contribution in [1.82, 2.24) is 0 Å². The van der Waals surface area contributed by atoms with Crippen molar-refractivity contribution in [3.63, 3.8) is 0 Å². The number of alkyl halides is 2. The van der Waals surface area contributed by atoms with Crippen molar-refractivity contribution in [2.45, 2.75) is 12.8 Å². The highest BCUT2D eigenvalue weighted by atomic mass is 79.9. The van der Waals surface area contributed by atoms with Crippen LogP contribution in [-0.2, 0) is 4.74 Å². The molecule has 0 aromatic heterocycles. The fourth-order valence-corrected chi connectivity index (χ4v) is 1.56. The monoisotopic (exact) mass is 310 g/mol. The van der Waals surface area contributed by atoms with E-state index in [1.807, 2.05) is 0 Å². The van der Waals surface area contributed by atoms with Crippen LogP contribution in [-0.4, -0.2) is 25.4 Å². The smallest absolute Gasteiger partial charge is 0.261 e. The number of carbonyl (C=O) groups is 1. The third-order valence-electron chi connectivity index (χ3n) is 1.97. The minimum Gasteiger partial charge on any atom is -0.375 e. The molecular formula is C11H10BrF3O2. The van der Waals surface area contributed by atoms with Crippen LogP contribution in [0.4, 0.5) is 13.2 Å². The van der Waals surface area contributed by atoms with Crippen LogP contribution < -0.4 is 0 Å². The number of ketones is 1. The molecule has 0 spiro atoms. The highest BCUT2D eigenvalue weighted by molar-refractivity contribution is 9.10. The Morgan fingerprint density at radius 3 is 2.76 bits per heavy atom. The number of benzene rings is 1. The maximum absolute atomic E-state index is 13.5. The van der Waals surface area contributed by atoms with Gasteiger partial charge in [-0.3, -0.25) is 4.79 Å². The Labute approximate surface area is 105 Å². The second-order valence-electron chi connectivity index (χ2n) is 3.24. The molecule has 0 aliphatic heterocycles. The summed E-state index contributed by atoms with van der Waals surface area (Å²) in [4.78, 5) is 11.5. The van der Waals surface area contributed by atoms with Crippen LogP contribution >= 0.6 is 15.9 Å². The van der Waals surface area contributed by atoms with Crippen LogP contribution in [0.1, 0.15) is 16.8 Å². The van der Waals surface area contributed by atoms with Crippen molar-refractivity contribution in [2.75, 3.05) is 13.2 Å². The summed E-state index contributed by atoms with van der Waals surface area (Å²) in [6.45, 7) is -0.858. The van der Waals surface area contributed by atoms with Crippen LogP contribution in [0.3, 0.4) is 0 Å². The predicted octanol–water partition coefficient (Wildman–Crippen LogP) is 3.44. The van der Waals surface area contributed by atoms with Gasteiger partial charge < -0.3 is 4.74 Å². The van der Waals surface area contributed by atoms with Gasteiger partial charge in [0.15, 0.2) is 5.78 Å². The molecule has 0 aliphatic rings. The summed E-state index contributed by atoms with van der Waals surface area (Å²) < 4.78 is 41.7. The second-order valence-corrected chi connectivity index (χ2v) is 4.09. The summed E-state index contributed by atoms with van der Waals surface area (Å²) in [6, 6.07) is 4.34. The third-order valence-corrected chi connectivity index (χ3v) is 2.58. The van der Waals surface area contributed by atoms with Crippen LogP contribution in [0, 0.1) is 5.82 Å². The van der Waals surface area contributed by atoms with E-state index in [9.17, 15) is 18.0 Å². The van der Waals surface area contributed by atoms with Gasteiger partial charge in [0, 0.05) is 6.42 Å². The minimum atomic E-state index is -2.56.